The fourth-order valence-corrected chi connectivity index (χ4v) is 2.61. The molecule has 0 heterocycles. The molecule has 1 rings (SSSR count). The van der Waals surface area contributed by atoms with Crippen LogP contribution in [0.4, 0.5) is 0 Å². The lowest BCUT2D eigenvalue weighted by atomic mass is 10.1. The Morgan fingerprint density at radius 2 is 1.94 bits per heavy atom. The Kier molecular flexibility index (Phi) is 6.77. The van der Waals surface area contributed by atoms with Gasteiger partial charge in [0.2, 0.25) is 0 Å². The lowest BCUT2D eigenvalue weighted by molar-refractivity contribution is 0.200. The van der Waals surface area contributed by atoms with Crippen LogP contribution in [0.25, 0.3) is 0 Å². The van der Waals surface area contributed by atoms with Crippen LogP contribution in [0.3, 0.4) is 0 Å². The Morgan fingerprint density at radius 3 is 2.50 bits per heavy atom. The minimum atomic E-state index is -0.223. The fourth-order valence-electron chi connectivity index (χ4n) is 1.34. The second-order valence-electron chi connectivity index (χ2n) is 4.04. The summed E-state index contributed by atoms with van der Waals surface area (Å²) < 4.78 is 1.24. The highest BCUT2D eigenvalue weighted by molar-refractivity contribution is 14.1. The molecule has 0 aliphatic carbocycles. The standard InChI is InChI=1S/C13H19IOS/c1-3-10(2)16-9-13(15)8-11-4-6-12(14)7-5-11/h4-7,10,13,15H,3,8-9H2,1-2H3. The Hall–Kier alpha value is 0.260. The molecule has 1 nitrogen and oxygen atoms in total. The molecule has 3 heteroatoms. The number of aliphatic hydroxyl groups excluding tert-OH is 1. The minimum Gasteiger partial charge on any atom is -0.392 e. The maximum atomic E-state index is 9.89. The molecule has 0 fully saturated rings. The third kappa shape index (κ3) is 5.55. The summed E-state index contributed by atoms with van der Waals surface area (Å²) >= 11 is 4.15. The summed E-state index contributed by atoms with van der Waals surface area (Å²) in [6.45, 7) is 4.39. The van der Waals surface area contributed by atoms with Crippen molar-refractivity contribution in [1.82, 2.24) is 0 Å². The molecule has 1 aromatic rings. The van der Waals surface area contributed by atoms with E-state index in [4.69, 9.17) is 0 Å². The third-order valence-electron chi connectivity index (χ3n) is 2.53. The van der Waals surface area contributed by atoms with Gasteiger partial charge in [-0.2, -0.15) is 11.8 Å². The van der Waals surface area contributed by atoms with E-state index in [1.807, 2.05) is 11.8 Å². The summed E-state index contributed by atoms with van der Waals surface area (Å²) in [6.07, 6.45) is 1.71. The van der Waals surface area contributed by atoms with E-state index in [0.717, 1.165) is 12.2 Å². The average Bonchev–Trinajstić information content (AvgIpc) is 2.29. The molecule has 0 spiro atoms. The van der Waals surface area contributed by atoms with Gasteiger partial charge in [-0.1, -0.05) is 26.0 Å². The lowest BCUT2D eigenvalue weighted by Gasteiger charge is -2.13. The fraction of sp³-hybridized carbons (Fsp3) is 0.538. The monoisotopic (exact) mass is 350 g/mol. The van der Waals surface area contributed by atoms with Crippen molar-refractivity contribution < 1.29 is 5.11 Å². The lowest BCUT2D eigenvalue weighted by Crippen LogP contribution is -2.15. The first-order valence-electron chi connectivity index (χ1n) is 5.66. The van der Waals surface area contributed by atoms with E-state index in [-0.39, 0.29) is 6.10 Å². The van der Waals surface area contributed by atoms with Gasteiger partial charge >= 0.3 is 0 Å². The van der Waals surface area contributed by atoms with Gasteiger partial charge in [-0.15, -0.1) is 0 Å². The quantitative estimate of drug-likeness (QED) is 0.789. The van der Waals surface area contributed by atoms with Crippen molar-refractivity contribution in [2.75, 3.05) is 5.75 Å². The smallest absolute Gasteiger partial charge is 0.0670 e. The number of benzene rings is 1. The van der Waals surface area contributed by atoms with Crippen LogP contribution in [0, 0.1) is 3.57 Å². The maximum absolute atomic E-state index is 9.89. The molecule has 1 aromatic carbocycles. The molecule has 90 valence electrons. The van der Waals surface area contributed by atoms with E-state index in [0.29, 0.717) is 5.25 Å². The van der Waals surface area contributed by atoms with E-state index < -0.39 is 0 Å². The van der Waals surface area contributed by atoms with E-state index >= 15 is 0 Å². The Labute approximate surface area is 116 Å². The van der Waals surface area contributed by atoms with Crippen molar-refractivity contribution in [2.24, 2.45) is 0 Å². The van der Waals surface area contributed by atoms with Gasteiger partial charge in [-0.3, -0.25) is 0 Å². The van der Waals surface area contributed by atoms with Gasteiger partial charge in [-0.05, 0) is 53.1 Å². The predicted octanol–water partition coefficient (Wildman–Crippen LogP) is 3.73. The molecule has 1 N–H and O–H groups in total. The Morgan fingerprint density at radius 1 is 1.31 bits per heavy atom. The van der Waals surface area contributed by atoms with Crippen LogP contribution < -0.4 is 0 Å². The number of hydrogen-bond acceptors (Lipinski definition) is 2. The summed E-state index contributed by atoms with van der Waals surface area (Å²) in [7, 11) is 0. The summed E-state index contributed by atoms with van der Waals surface area (Å²) in [4.78, 5) is 0. The Balaban J connectivity index is 2.33. The number of thioether (sulfide) groups is 1. The molecule has 0 aliphatic rings. The van der Waals surface area contributed by atoms with Crippen LogP contribution in [0.1, 0.15) is 25.8 Å². The predicted molar refractivity (Wildman–Crippen MR) is 81.1 cm³/mol. The van der Waals surface area contributed by atoms with Gasteiger partial charge in [0.15, 0.2) is 0 Å². The first-order valence-corrected chi connectivity index (χ1v) is 7.78. The number of aliphatic hydroxyl groups is 1. The molecule has 0 radical (unpaired) electrons. The van der Waals surface area contributed by atoms with Crippen molar-refractivity contribution in [2.45, 2.75) is 38.0 Å². The summed E-state index contributed by atoms with van der Waals surface area (Å²) in [6, 6.07) is 8.37. The molecule has 2 atom stereocenters. The molecule has 0 bridgehead atoms. The summed E-state index contributed by atoms with van der Waals surface area (Å²) in [5.41, 5.74) is 1.22. The van der Waals surface area contributed by atoms with Crippen molar-refractivity contribution in [3.05, 3.63) is 33.4 Å². The zero-order valence-electron chi connectivity index (χ0n) is 9.82. The molecular weight excluding hydrogens is 331 g/mol. The van der Waals surface area contributed by atoms with Crippen LogP contribution in [-0.2, 0) is 6.42 Å². The molecule has 16 heavy (non-hydrogen) atoms. The molecule has 0 aliphatic heterocycles. The van der Waals surface area contributed by atoms with E-state index in [9.17, 15) is 5.11 Å². The largest absolute Gasteiger partial charge is 0.392 e. The number of rotatable bonds is 6. The molecular formula is C13H19IOS. The molecule has 0 saturated carbocycles. The second-order valence-corrected chi connectivity index (χ2v) is 6.75. The highest BCUT2D eigenvalue weighted by atomic mass is 127. The normalized spacial score (nSPS) is 14.8. The van der Waals surface area contributed by atoms with Gasteiger partial charge < -0.3 is 5.11 Å². The average molecular weight is 350 g/mol. The first kappa shape index (κ1) is 14.3. The SMILES string of the molecule is CCC(C)SCC(O)Cc1ccc(I)cc1. The molecule has 0 amide bonds. The molecule has 0 saturated heterocycles. The van der Waals surface area contributed by atoms with Crippen molar-refractivity contribution in [3.8, 4) is 0 Å². The summed E-state index contributed by atoms with van der Waals surface area (Å²) in [5.74, 6) is 0.834. The van der Waals surface area contributed by atoms with E-state index in [2.05, 4.69) is 60.7 Å². The van der Waals surface area contributed by atoms with Gasteiger partial charge in [0.25, 0.3) is 0 Å². The number of hydrogen-bond donors (Lipinski definition) is 1. The van der Waals surface area contributed by atoms with Crippen molar-refractivity contribution in [3.63, 3.8) is 0 Å². The van der Waals surface area contributed by atoms with Crippen LogP contribution in [0.5, 0.6) is 0 Å². The summed E-state index contributed by atoms with van der Waals surface area (Å²) in [5, 5.41) is 10.5. The molecule has 2 unspecified atom stereocenters. The first-order chi connectivity index (χ1) is 7.61. The van der Waals surface area contributed by atoms with Crippen LogP contribution >= 0.6 is 34.4 Å². The zero-order chi connectivity index (χ0) is 12.0. The zero-order valence-corrected chi connectivity index (χ0v) is 12.8. The number of halogens is 1. The minimum absolute atomic E-state index is 0.223. The topological polar surface area (TPSA) is 20.2 Å². The van der Waals surface area contributed by atoms with E-state index in [1.165, 1.54) is 15.6 Å². The second kappa shape index (κ2) is 7.56. The molecule has 0 aromatic heterocycles. The van der Waals surface area contributed by atoms with Gasteiger partial charge in [-0.25, -0.2) is 0 Å². The van der Waals surface area contributed by atoms with Gasteiger partial charge in [0, 0.05) is 14.6 Å². The maximum Gasteiger partial charge on any atom is 0.0670 e. The van der Waals surface area contributed by atoms with E-state index in [1.54, 1.807) is 0 Å². The van der Waals surface area contributed by atoms with Crippen molar-refractivity contribution in [1.29, 1.82) is 0 Å². The van der Waals surface area contributed by atoms with Crippen LogP contribution in [0.15, 0.2) is 24.3 Å². The Bertz CT molecular complexity index is 299. The van der Waals surface area contributed by atoms with Crippen LogP contribution in [-0.4, -0.2) is 22.2 Å². The van der Waals surface area contributed by atoms with Gasteiger partial charge in [0.05, 0.1) is 6.10 Å². The van der Waals surface area contributed by atoms with Gasteiger partial charge in [0.1, 0.15) is 0 Å². The van der Waals surface area contributed by atoms with Crippen LogP contribution in [0.2, 0.25) is 0 Å². The van der Waals surface area contributed by atoms with Crippen molar-refractivity contribution >= 4 is 34.4 Å². The highest BCUT2D eigenvalue weighted by Crippen LogP contribution is 2.16. The third-order valence-corrected chi connectivity index (χ3v) is 4.73. The highest BCUT2D eigenvalue weighted by Gasteiger charge is 2.08.